The number of rotatable bonds is 5. The first kappa shape index (κ1) is 15.4. The van der Waals surface area contributed by atoms with E-state index in [1.807, 2.05) is 0 Å². The van der Waals surface area contributed by atoms with Crippen molar-refractivity contribution in [3.05, 3.63) is 35.7 Å². The maximum absolute atomic E-state index is 12.3. The van der Waals surface area contributed by atoms with Gasteiger partial charge >= 0.3 is 5.97 Å². The Kier molecular flexibility index (Phi) is 4.58. The number of sulfonamides is 1. The van der Waals surface area contributed by atoms with Gasteiger partial charge in [0.1, 0.15) is 6.26 Å². The second-order valence-electron chi connectivity index (χ2n) is 3.78. The van der Waals surface area contributed by atoms with Crippen molar-refractivity contribution >= 4 is 37.7 Å². The highest BCUT2D eigenvalue weighted by Gasteiger charge is 2.26. The topological polar surface area (TPSA) is 111 Å². The Labute approximate surface area is 128 Å². The Bertz CT molecular complexity index is 759. The fraction of sp³-hybridized carbons (Fsp3) is 0.182. The summed E-state index contributed by atoms with van der Waals surface area (Å²) in [4.78, 5) is 15.3. The lowest BCUT2D eigenvalue weighted by molar-refractivity contribution is 0.0595. The number of hydrogen-bond donors (Lipinski definition) is 1. The Morgan fingerprint density at radius 2 is 2.29 bits per heavy atom. The molecule has 0 spiro atoms. The average molecular weight is 376 g/mol. The molecule has 1 N–H and O–H groups in total. The minimum absolute atomic E-state index is 0.0216. The SMILES string of the molecule is COC(=O)c1cccnc1S(=O)(=O)Nc1nocc1CBr. The number of carbonyl (C=O) groups excluding carboxylic acids is 1. The van der Waals surface area contributed by atoms with Gasteiger partial charge in [0.15, 0.2) is 10.8 Å². The predicted molar refractivity (Wildman–Crippen MR) is 75.5 cm³/mol. The minimum Gasteiger partial charge on any atom is -0.465 e. The molecule has 0 bridgehead atoms. The van der Waals surface area contributed by atoms with E-state index < -0.39 is 21.0 Å². The summed E-state index contributed by atoms with van der Waals surface area (Å²) in [6.45, 7) is 0. The number of methoxy groups -OCH3 is 1. The molecule has 0 fully saturated rings. The van der Waals surface area contributed by atoms with Crippen molar-refractivity contribution in [2.75, 3.05) is 11.8 Å². The number of pyridine rings is 1. The third-order valence-electron chi connectivity index (χ3n) is 2.45. The highest BCUT2D eigenvalue weighted by molar-refractivity contribution is 9.08. The zero-order valence-corrected chi connectivity index (χ0v) is 13.1. The fourth-order valence-electron chi connectivity index (χ4n) is 1.48. The van der Waals surface area contributed by atoms with Crippen molar-refractivity contribution in [3.63, 3.8) is 0 Å². The summed E-state index contributed by atoms with van der Waals surface area (Å²) in [5.41, 5.74) is 0.338. The second-order valence-corrected chi connectivity index (χ2v) is 5.93. The van der Waals surface area contributed by atoms with E-state index in [2.05, 4.69) is 35.5 Å². The van der Waals surface area contributed by atoms with Crippen molar-refractivity contribution in [1.29, 1.82) is 0 Å². The summed E-state index contributed by atoms with van der Waals surface area (Å²) in [7, 11) is -2.95. The van der Waals surface area contributed by atoms with Gasteiger partial charge in [0.25, 0.3) is 10.0 Å². The summed E-state index contributed by atoms with van der Waals surface area (Å²) < 4.78 is 36.1. The van der Waals surface area contributed by atoms with Crippen LogP contribution in [0.15, 0.2) is 34.1 Å². The number of ether oxygens (including phenoxy) is 1. The Hall–Kier alpha value is -1.94. The van der Waals surface area contributed by atoms with Crippen LogP contribution < -0.4 is 4.72 Å². The third kappa shape index (κ3) is 3.22. The van der Waals surface area contributed by atoms with Gasteiger partial charge < -0.3 is 9.26 Å². The first-order chi connectivity index (χ1) is 9.99. The van der Waals surface area contributed by atoms with Gasteiger partial charge in [0, 0.05) is 17.1 Å². The standard InChI is InChI=1S/C11H10BrN3O5S/c1-19-11(16)8-3-2-4-13-10(8)21(17,18)15-9-7(5-12)6-20-14-9/h2-4,6H,5H2,1H3,(H,14,15). The second kappa shape index (κ2) is 6.22. The molecule has 0 amide bonds. The summed E-state index contributed by atoms with van der Waals surface area (Å²) in [5.74, 6) is -0.780. The Balaban J connectivity index is 2.43. The van der Waals surface area contributed by atoms with Gasteiger partial charge in [-0.3, -0.25) is 4.72 Å². The van der Waals surface area contributed by atoms with E-state index in [4.69, 9.17) is 4.52 Å². The monoisotopic (exact) mass is 375 g/mol. The van der Waals surface area contributed by atoms with Crippen LogP contribution in [0.5, 0.6) is 0 Å². The van der Waals surface area contributed by atoms with Gasteiger partial charge in [-0.25, -0.2) is 9.78 Å². The molecule has 2 aromatic heterocycles. The van der Waals surface area contributed by atoms with Crippen molar-refractivity contribution in [1.82, 2.24) is 10.1 Å². The highest BCUT2D eigenvalue weighted by Crippen LogP contribution is 2.21. The number of alkyl halides is 1. The number of nitrogens with one attached hydrogen (secondary N) is 1. The van der Waals surface area contributed by atoms with E-state index >= 15 is 0 Å². The molecule has 0 saturated heterocycles. The van der Waals surface area contributed by atoms with Crippen LogP contribution in [0.2, 0.25) is 0 Å². The van der Waals surface area contributed by atoms with E-state index in [9.17, 15) is 13.2 Å². The zero-order valence-electron chi connectivity index (χ0n) is 10.7. The normalized spacial score (nSPS) is 11.1. The number of aromatic nitrogens is 2. The smallest absolute Gasteiger partial charge is 0.340 e. The molecule has 21 heavy (non-hydrogen) atoms. The predicted octanol–water partition coefficient (Wildman–Crippen LogP) is 1.55. The fourth-order valence-corrected chi connectivity index (χ4v) is 3.04. The molecule has 112 valence electrons. The van der Waals surface area contributed by atoms with Crippen LogP contribution in [-0.4, -0.2) is 31.6 Å². The molecule has 0 saturated carbocycles. The first-order valence-electron chi connectivity index (χ1n) is 5.55. The van der Waals surface area contributed by atoms with Crippen molar-refractivity contribution in [2.45, 2.75) is 10.4 Å². The molecular weight excluding hydrogens is 366 g/mol. The van der Waals surface area contributed by atoms with E-state index in [0.717, 1.165) is 7.11 Å². The summed E-state index contributed by atoms with van der Waals surface area (Å²) in [5, 5.41) is 3.46. The lowest BCUT2D eigenvalue weighted by Crippen LogP contribution is -2.19. The van der Waals surface area contributed by atoms with Crippen LogP contribution >= 0.6 is 15.9 Å². The molecule has 2 rings (SSSR count). The van der Waals surface area contributed by atoms with Crippen molar-refractivity contribution in [3.8, 4) is 0 Å². The average Bonchev–Trinajstić information content (AvgIpc) is 2.92. The number of carbonyl (C=O) groups is 1. The van der Waals surface area contributed by atoms with E-state index in [-0.39, 0.29) is 11.4 Å². The number of nitrogens with zero attached hydrogens (tertiary/aromatic N) is 2. The van der Waals surface area contributed by atoms with Gasteiger partial charge in [-0.05, 0) is 12.1 Å². The van der Waals surface area contributed by atoms with Gasteiger partial charge in [0.2, 0.25) is 0 Å². The van der Waals surface area contributed by atoms with Gasteiger partial charge in [-0.15, -0.1) is 0 Å². The molecule has 10 heteroatoms. The maximum Gasteiger partial charge on any atom is 0.340 e. The largest absolute Gasteiger partial charge is 0.465 e. The molecule has 0 atom stereocenters. The van der Waals surface area contributed by atoms with E-state index in [1.54, 1.807) is 0 Å². The van der Waals surface area contributed by atoms with Gasteiger partial charge in [-0.1, -0.05) is 21.1 Å². The van der Waals surface area contributed by atoms with Crippen LogP contribution in [0.25, 0.3) is 0 Å². The molecule has 2 aromatic rings. The molecule has 8 nitrogen and oxygen atoms in total. The first-order valence-corrected chi connectivity index (χ1v) is 8.15. The minimum atomic E-state index is -4.11. The number of halogens is 1. The number of anilines is 1. The molecule has 0 unspecified atom stereocenters. The van der Waals surface area contributed by atoms with E-state index in [0.29, 0.717) is 10.9 Å². The quantitative estimate of drug-likeness (QED) is 0.623. The van der Waals surface area contributed by atoms with Crippen LogP contribution in [-0.2, 0) is 20.1 Å². The summed E-state index contributed by atoms with van der Waals surface area (Å²) in [6.07, 6.45) is 2.56. The Morgan fingerprint density at radius 1 is 1.52 bits per heavy atom. The summed E-state index contributed by atoms with van der Waals surface area (Å²) in [6, 6.07) is 2.74. The van der Waals surface area contributed by atoms with Gasteiger partial charge in [-0.2, -0.15) is 8.42 Å². The molecule has 0 aliphatic carbocycles. The lowest BCUT2D eigenvalue weighted by Gasteiger charge is -2.08. The van der Waals surface area contributed by atoms with Crippen molar-refractivity contribution in [2.24, 2.45) is 0 Å². The maximum atomic E-state index is 12.3. The van der Waals surface area contributed by atoms with Crippen LogP contribution in [0.3, 0.4) is 0 Å². The molecule has 0 aliphatic rings. The molecule has 0 aliphatic heterocycles. The zero-order chi connectivity index (χ0) is 15.5. The molecule has 0 radical (unpaired) electrons. The molecule has 0 aromatic carbocycles. The number of hydrogen-bond acceptors (Lipinski definition) is 7. The summed E-state index contributed by atoms with van der Waals surface area (Å²) >= 11 is 3.18. The molecule has 2 heterocycles. The van der Waals surface area contributed by atoms with Gasteiger partial charge in [0.05, 0.1) is 12.7 Å². The molecular formula is C11H10BrN3O5S. The van der Waals surface area contributed by atoms with Crippen LogP contribution in [0.1, 0.15) is 15.9 Å². The van der Waals surface area contributed by atoms with Crippen LogP contribution in [0, 0.1) is 0 Å². The highest BCUT2D eigenvalue weighted by atomic mass is 79.9. The third-order valence-corrected chi connectivity index (χ3v) is 4.35. The van der Waals surface area contributed by atoms with Crippen molar-refractivity contribution < 1.29 is 22.5 Å². The van der Waals surface area contributed by atoms with Crippen LogP contribution in [0.4, 0.5) is 5.82 Å². The Morgan fingerprint density at radius 3 is 2.95 bits per heavy atom. The lowest BCUT2D eigenvalue weighted by atomic mass is 10.3. The number of esters is 1. The van der Waals surface area contributed by atoms with E-state index in [1.165, 1.54) is 24.6 Å².